The highest BCUT2D eigenvalue weighted by molar-refractivity contribution is 6.42. The van der Waals surface area contributed by atoms with Crippen LogP contribution in [0.4, 0.5) is 0 Å². The van der Waals surface area contributed by atoms with Gasteiger partial charge in [-0.3, -0.25) is 0 Å². The SMILES string of the molecule is CC(CC=O)c1ccc(Cl)c(Cl)c1. The number of carbonyl (C=O) groups excluding carboxylic acids is 1. The molecule has 0 fully saturated rings. The van der Waals surface area contributed by atoms with Crippen molar-refractivity contribution in [3.8, 4) is 0 Å². The van der Waals surface area contributed by atoms with E-state index in [1.807, 2.05) is 13.0 Å². The predicted molar refractivity (Wildman–Crippen MR) is 55.6 cm³/mol. The Morgan fingerprint density at radius 3 is 2.62 bits per heavy atom. The van der Waals surface area contributed by atoms with Crippen LogP contribution >= 0.6 is 23.2 Å². The normalized spacial score (nSPS) is 12.5. The van der Waals surface area contributed by atoms with E-state index in [4.69, 9.17) is 23.2 Å². The molecular weight excluding hydrogens is 207 g/mol. The molecule has 0 aliphatic carbocycles. The van der Waals surface area contributed by atoms with Crippen molar-refractivity contribution in [2.45, 2.75) is 19.3 Å². The van der Waals surface area contributed by atoms with Crippen LogP contribution in [0.15, 0.2) is 18.2 Å². The third-order valence-electron chi connectivity index (χ3n) is 1.96. The molecule has 1 rings (SSSR count). The number of halogens is 2. The lowest BCUT2D eigenvalue weighted by Crippen LogP contribution is -1.93. The van der Waals surface area contributed by atoms with Crippen molar-refractivity contribution in [2.75, 3.05) is 0 Å². The fraction of sp³-hybridized carbons (Fsp3) is 0.300. The monoisotopic (exact) mass is 216 g/mol. The number of aldehydes is 1. The minimum absolute atomic E-state index is 0.201. The zero-order valence-corrected chi connectivity index (χ0v) is 8.77. The van der Waals surface area contributed by atoms with Gasteiger partial charge in [0.25, 0.3) is 0 Å². The first-order valence-corrected chi connectivity index (χ1v) is 4.79. The lowest BCUT2D eigenvalue weighted by Gasteiger charge is -2.08. The summed E-state index contributed by atoms with van der Waals surface area (Å²) in [5.74, 6) is 0.201. The van der Waals surface area contributed by atoms with Crippen LogP contribution in [0.2, 0.25) is 10.0 Å². The van der Waals surface area contributed by atoms with E-state index in [2.05, 4.69) is 0 Å². The maximum atomic E-state index is 10.3. The second-order valence-electron chi connectivity index (χ2n) is 2.98. The summed E-state index contributed by atoms with van der Waals surface area (Å²) in [6.45, 7) is 1.98. The molecule has 0 aromatic heterocycles. The molecule has 1 unspecified atom stereocenters. The summed E-state index contributed by atoms with van der Waals surface area (Å²) in [6, 6.07) is 5.45. The largest absolute Gasteiger partial charge is 0.303 e. The summed E-state index contributed by atoms with van der Waals surface area (Å²) >= 11 is 11.6. The summed E-state index contributed by atoms with van der Waals surface area (Å²) < 4.78 is 0. The Kier molecular flexibility index (Phi) is 3.76. The van der Waals surface area contributed by atoms with Crippen LogP contribution in [0.25, 0.3) is 0 Å². The molecule has 0 heterocycles. The number of hydrogen-bond acceptors (Lipinski definition) is 1. The third kappa shape index (κ3) is 2.71. The molecule has 0 radical (unpaired) electrons. The van der Waals surface area contributed by atoms with Crippen LogP contribution in [0.1, 0.15) is 24.8 Å². The Hall–Kier alpha value is -0.530. The van der Waals surface area contributed by atoms with Gasteiger partial charge in [-0.15, -0.1) is 0 Å². The zero-order valence-electron chi connectivity index (χ0n) is 7.26. The predicted octanol–water partition coefficient (Wildman–Crippen LogP) is 3.69. The number of rotatable bonds is 3. The van der Waals surface area contributed by atoms with Gasteiger partial charge < -0.3 is 4.79 Å². The van der Waals surface area contributed by atoms with Crippen LogP contribution in [0.3, 0.4) is 0 Å². The minimum atomic E-state index is 0.201. The molecule has 0 bridgehead atoms. The lowest BCUT2D eigenvalue weighted by molar-refractivity contribution is -0.108. The van der Waals surface area contributed by atoms with Crippen LogP contribution in [0, 0.1) is 0 Å². The molecule has 1 atom stereocenters. The standard InChI is InChI=1S/C10H10Cl2O/c1-7(4-5-13)8-2-3-9(11)10(12)6-8/h2-3,5-7H,4H2,1H3. The van der Waals surface area contributed by atoms with E-state index in [-0.39, 0.29) is 5.92 Å². The van der Waals surface area contributed by atoms with Gasteiger partial charge >= 0.3 is 0 Å². The average Bonchev–Trinajstić information content (AvgIpc) is 2.10. The highest BCUT2D eigenvalue weighted by Gasteiger charge is 2.06. The highest BCUT2D eigenvalue weighted by atomic mass is 35.5. The molecule has 0 aliphatic rings. The van der Waals surface area contributed by atoms with Gasteiger partial charge in [0.1, 0.15) is 6.29 Å². The summed E-state index contributed by atoms with van der Waals surface area (Å²) in [5.41, 5.74) is 1.04. The van der Waals surface area contributed by atoms with Gasteiger partial charge in [0.15, 0.2) is 0 Å². The molecule has 0 aliphatic heterocycles. The molecule has 13 heavy (non-hydrogen) atoms. The van der Waals surface area contributed by atoms with Gasteiger partial charge in [-0.1, -0.05) is 36.2 Å². The van der Waals surface area contributed by atoms with E-state index in [1.54, 1.807) is 12.1 Å². The molecule has 0 spiro atoms. The van der Waals surface area contributed by atoms with Gasteiger partial charge in [0.2, 0.25) is 0 Å². The minimum Gasteiger partial charge on any atom is -0.303 e. The Balaban J connectivity index is 2.89. The van der Waals surface area contributed by atoms with Crippen LogP contribution < -0.4 is 0 Å². The summed E-state index contributed by atoms with van der Waals surface area (Å²) in [5, 5.41) is 1.08. The number of hydrogen-bond donors (Lipinski definition) is 0. The first-order chi connectivity index (χ1) is 6.15. The second-order valence-corrected chi connectivity index (χ2v) is 3.79. The van der Waals surface area contributed by atoms with E-state index in [0.29, 0.717) is 16.5 Å². The Morgan fingerprint density at radius 1 is 1.38 bits per heavy atom. The van der Waals surface area contributed by atoms with Crippen molar-refractivity contribution < 1.29 is 4.79 Å². The van der Waals surface area contributed by atoms with Crippen LogP contribution in [-0.2, 0) is 4.79 Å². The smallest absolute Gasteiger partial charge is 0.120 e. The number of benzene rings is 1. The maximum Gasteiger partial charge on any atom is 0.120 e. The van der Waals surface area contributed by atoms with Crippen LogP contribution in [-0.4, -0.2) is 6.29 Å². The summed E-state index contributed by atoms with van der Waals surface area (Å²) in [6.07, 6.45) is 1.42. The van der Waals surface area contributed by atoms with Crippen molar-refractivity contribution in [2.24, 2.45) is 0 Å². The molecule has 1 aromatic carbocycles. The topological polar surface area (TPSA) is 17.1 Å². The number of carbonyl (C=O) groups is 1. The first kappa shape index (κ1) is 10.6. The van der Waals surface area contributed by atoms with Crippen molar-refractivity contribution in [1.29, 1.82) is 0 Å². The van der Waals surface area contributed by atoms with Gasteiger partial charge in [-0.25, -0.2) is 0 Å². The molecule has 0 saturated heterocycles. The highest BCUT2D eigenvalue weighted by Crippen LogP contribution is 2.27. The fourth-order valence-corrected chi connectivity index (χ4v) is 1.41. The van der Waals surface area contributed by atoms with Gasteiger partial charge in [-0.05, 0) is 23.6 Å². The van der Waals surface area contributed by atoms with E-state index < -0.39 is 0 Å². The lowest BCUT2D eigenvalue weighted by atomic mass is 9.99. The molecule has 3 heteroatoms. The maximum absolute atomic E-state index is 10.3. The Labute approximate surface area is 87.7 Å². The first-order valence-electron chi connectivity index (χ1n) is 4.03. The molecule has 70 valence electrons. The third-order valence-corrected chi connectivity index (χ3v) is 2.70. The van der Waals surface area contributed by atoms with Crippen molar-refractivity contribution in [1.82, 2.24) is 0 Å². The average molecular weight is 217 g/mol. The van der Waals surface area contributed by atoms with Gasteiger partial charge in [0.05, 0.1) is 10.0 Å². The summed E-state index contributed by atoms with van der Waals surface area (Å²) in [7, 11) is 0. The van der Waals surface area contributed by atoms with Crippen molar-refractivity contribution in [3.63, 3.8) is 0 Å². The van der Waals surface area contributed by atoms with Crippen molar-refractivity contribution in [3.05, 3.63) is 33.8 Å². The van der Waals surface area contributed by atoms with Gasteiger partial charge in [0, 0.05) is 6.42 Å². The zero-order chi connectivity index (χ0) is 9.84. The van der Waals surface area contributed by atoms with Crippen molar-refractivity contribution >= 4 is 29.5 Å². The quantitative estimate of drug-likeness (QED) is 0.705. The molecule has 1 aromatic rings. The Morgan fingerprint density at radius 2 is 2.08 bits per heavy atom. The molecule has 0 amide bonds. The van der Waals surface area contributed by atoms with E-state index >= 15 is 0 Å². The van der Waals surface area contributed by atoms with E-state index in [1.165, 1.54) is 0 Å². The molecule has 0 saturated carbocycles. The second kappa shape index (κ2) is 4.64. The van der Waals surface area contributed by atoms with E-state index in [0.717, 1.165) is 11.8 Å². The van der Waals surface area contributed by atoms with Crippen LogP contribution in [0.5, 0.6) is 0 Å². The van der Waals surface area contributed by atoms with Gasteiger partial charge in [-0.2, -0.15) is 0 Å². The molecule has 1 nitrogen and oxygen atoms in total. The fourth-order valence-electron chi connectivity index (χ4n) is 1.10. The van der Waals surface area contributed by atoms with E-state index in [9.17, 15) is 4.79 Å². The molecular formula is C10H10Cl2O. The molecule has 0 N–H and O–H groups in total. The Bertz CT molecular complexity index is 310. The summed E-state index contributed by atoms with van der Waals surface area (Å²) in [4.78, 5) is 10.3.